The largest absolute Gasteiger partial charge is 0.496 e. The van der Waals surface area contributed by atoms with Crippen LogP contribution in [0.5, 0.6) is 5.75 Å². The van der Waals surface area contributed by atoms with E-state index in [1.54, 1.807) is 30.1 Å². The first-order valence-corrected chi connectivity index (χ1v) is 6.96. The summed E-state index contributed by atoms with van der Waals surface area (Å²) < 4.78 is 20.8. The fourth-order valence-corrected chi connectivity index (χ4v) is 2.35. The Morgan fingerprint density at radius 2 is 2.23 bits per heavy atom. The minimum Gasteiger partial charge on any atom is -0.496 e. The molecule has 6 nitrogen and oxygen atoms in total. The van der Waals surface area contributed by atoms with Crippen molar-refractivity contribution < 1.29 is 9.13 Å². The molecule has 1 aromatic carbocycles. The summed E-state index contributed by atoms with van der Waals surface area (Å²) in [5.74, 6) is 0.867. The van der Waals surface area contributed by atoms with Crippen molar-refractivity contribution >= 4 is 28.3 Å². The molecule has 3 rings (SSSR count). The van der Waals surface area contributed by atoms with Crippen LogP contribution in [0.4, 0.5) is 10.2 Å². The molecule has 0 saturated heterocycles. The van der Waals surface area contributed by atoms with Gasteiger partial charge in [-0.15, -0.1) is 0 Å². The summed E-state index contributed by atoms with van der Waals surface area (Å²) in [4.78, 5) is 7.84. The number of fused-ring (bicyclic) bond motifs is 1. The number of benzene rings is 1. The van der Waals surface area contributed by atoms with E-state index in [0.29, 0.717) is 40.7 Å². The Bertz CT molecular complexity index is 807. The molecule has 2 aromatic heterocycles. The van der Waals surface area contributed by atoms with Crippen LogP contribution in [0.2, 0.25) is 5.15 Å². The van der Waals surface area contributed by atoms with Crippen LogP contribution >= 0.6 is 11.6 Å². The minimum absolute atomic E-state index is 0.335. The molecule has 0 unspecified atom stereocenters. The highest BCUT2D eigenvalue weighted by Gasteiger charge is 2.12. The van der Waals surface area contributed by atoms with E-state index < -0.39 is 0 Å². The van der Waals surface area contributed by atoms with Gasteiger partial charge in [-0.1, -0.05) is 11.6 Å². The molecule has 0 amide bonds. The number of halogens is 2. The summed E-state index contributed by atoms with van der Waals surface area (Å²) in [6, 6.07) is 4.58. The predicted molar refractivity (Wildman–Crippen MR) is 81.8 cm³/mol. The van der Waals surface area contributed by atoms with Gasteiger partial charge in [0.1, 0.15) is 34.4 Å². The zero-order valence-electron chi connectivity index (χ0n) is 11.8. The van der Waals surface area contributed by atoms with Gasteiger partial charge in [0.25, 0.3) is 0 Å². The van der Waals surface area contributed by atoms with Crippen molar-refractivity contribution in [3.05, 3.63) is 41.7 Å². The average Bonchev–Trinajstić information content (AvgIpc) is 2.93. The first-order chi connectivity index (χ1) is 10.7. The molecule has 0 spiro atoms. The first-order valence-electron chi connectivity index (χ1n) is 6.58. The average molecular weight is 322 g/mol. The zero-order valence-corrected chi connectivity index (χ0v) is 12.5. The standard InChI is InChI=1S/C14H13ClFN5O/c1-22-11-3-2-10(16)14-9(11)7-20-21(14)5-4-17-13-6-12(15)18-8-19-13/h2-3,6-8H,4-5H2,1H3,(H,17,18,19). The molecular weight excluding hydrogens is 309 g/mol. The Morgan fingerprint density at radius 3 is 3.00 bits per heavy atom. The number of methoxy groups -OCH3 is 1. The molecule has 22 heavy (non-hydrogen) atoms. The molecule has 0 atom stereocenters. The number of nitrogens with one attached hydrogen (secondary N) is 1. The van der Waals surface area contributed by atoms with E-state index in [2.05, 4.69) is 20.4 Å². The number of hydrogen-bond donors (Lipinski definition) is 1. The number of anilines is 1. The fourth-order valence-electron chi connectivity index (χ4n) is 2.20. The van der Waals surface area contributed by atoms with E-state index in [9.17, 15) is 4.39 Å². The van der Waals surface area contributed by atoms with Crippen molar-refractivity contribution in [1.82, 2.24) is 19.7 Å². The van der Waals surface area contributed by atoms with E-state index in [0.717, 1.165) is 0 Å². The quantitative estimate of drug-likeness (QED) is 0.732. The summed E-state index contributed by atoms with van der Waals surface area (Å²) in [6.07, 6.45) is 2.97. The molecule has 114 valence electrons. The zero-order chi connectivity index (χ0) is 15.5. The number of ether oxygens (including phenoxy) is 1. The summed E-state index contributed by atoms with van der Waals surface area (Å²) in [6.45, 7) is 0.982. The summed E-state index contributed by atoms with van der Waals surface area (Å²) in [5, 5.41) is 8.30. The highest BCUT2D eigenvalue weighted by atomic mass is 35.5. The SMILES string of the molecule is COc1ccc(F)c2c1cnn2CCNc1cc(Cl)ncn1. The van der Waals surface area contributed by atoms with Crippen molar-refractivity contribution in [3.63, 3.8) is 0 Å². The second kappa shape index (κ2) is 6.15. The Kier molecular flexibility index (Phi) is 4.06. The third kappa shape index (κ3) is 2.80. The highest BCUT2D eigenvalue weighted by Crippen LogP contribution is 2.27. The van der Waals surface area contributed by atoms with Gasteiger partial charge < -0.3 is 10.1 Å². The normalized spacial score (nSPS) is 10.9. The molecule has 8 heteroatoms. The first kappa shape index (κ1) is 14.5. The van der Waals surface area contributed by atoms with Crippen LogP contribution in [0, 0.1) is 5.82 Å². The smallest absolute Gasteiger partial charge is 0.149 e. The van der Waals surface area contributed by atoms with E-state index in [1.165, 1.54) is 12.4 Å². The maximum Gasteiger partial charge on any atom is 0.149 e. The second-order valence-electron chi connectivity index (χ2n) is 4.53. The lowest BCUT2D eigenvalue weighted by Gasteiger charge is -2.08. The second-order valence-corrected chi connectivity index (χ2v) is 4.92. The van der Waals surface area contributed by atoms with Gasteiger partial charge in [-0.2, -0.15) is 5.10 Å². The van der Waals surface area contributed by atoms with Gasteiger partial charge in [-0.3, -0.25) is 4.68 Å². The Morgan fingerprint density at radius 1 is 1.36 bits per heavy atom. The van der Waals surface area contributed by atoms with Crippen LogP contribution in [-0.2, 0) is 6.54 Å². The van der Waals surface area contributed by atoms with E-state index in [-0.39, 0.29) is 5.82 Å². The van der Waals surface area contributed by atoms with Crippen molar-refractivity contribution in [1.29, 1.82) is 0 Å². The van der Waals surface area contributed by atoms with Gasteiger partial charge in [-0.05, 0) is 12.1 Å². The number of hydrogen-bond acceptors (Lipinski definition) is 5. The van der Waals surface area contributed by atoms with Gasteiger partial charge >= 0.3 is 0 Å². The molecule has 0 saturated carbocycles. The van der Waals surface area contributed by atoms with Gasteiger partial charge in [0.05, 0.1) is 25.2 Å². The molecule has 2 heterocycles. The topological polar surface area (TPSA) is 64.9 Å². The maximum atomic E-state index is 14.0. The lowest BCUT2D eigenvalue weighted by atomic mass is 10.2. The molecule has 0 radical (unpaired) electrons. The van der Waals surface area contributed by atoms with Crippen molar-refractivity contribution in [3.8, 4) is 5.75 Å². The third-order valence-electron chi connectivity index (χ3n) is 3.20. The van der Waals surface area contributed by atoms with Gasteiger partial charge in [0.15, 0.2) is 0 Å². The Hall–Kier alpha value is -2.41. The van der Waals surface area contributed by atoms with E-state index in [4.69, 9.17) is 16.3 Å². The molecule has 1 N–H and O–H groups in total. The van der Waals surface area contributed by atoms with Crippen molar-refractivity contribution in [2.24, 2.45) is 0 Å². The van der Waals surface area contributed by atoms with Gasteiger partial charge in [0.2, 0.25) is 0 Å². The number of rotatable bonds is 5. The summed E-state index contributed by atoms with van der Waals surface area (Å²) in [5.41, 5.74) is 0.418. The Labute approximate surface area is 130 Å². The van der Waals surface area contributed by atoms with Crippen LogP contribution in [0.3, 0.4) is 0 Å². The van der Waals surface area contributed by atoms with Crippen LogP contribution < -0.4 is 10.1 Å². The highest BCUT2D eigenvalue weighted by molar-refractivity contribution is 6.29. The molecular formula is C14H13ClFN5O. The van der Waals surface area contributed by atoms with Gasteiger partial charge in [-0.25, -0.2) is 14.4 Å². The third-order valence-corrected chi connectivity index (χ3v) is 3.40. The summed E-state index contributed by atoms with van der Waals surface area (Å²) in [7, 11) is 1.55. The molecule has 0 aliphatic carbocycles. The van der Waals surface area contributed by atoms with Crippen LogP contribution in [0.1, 0.15) is 0 Å². The van der Waals surface area contributed by atoms with Crippen molar-refractivity contribution in [2.75, 3.05) is 19.0 Å². The molecule has 0 aliphatic rings. The lowest BCUT2D eigenvalue weighted by Crippen LogP contribution is -2.12. The number of aromatic nitrogens is 4. The molecule has 0 bridgehead atoms. The minimum atomic E-state index is -0.335. The fraction of sp³-hybridized carbons (Fsp3) is 0.214. The number of nitrogens with zero attached hydrogens (tertiary/aromatic N) is 4. The lowest BCUT2D eigenvalue weighted by molar-refractivity contribution is 0.419. The van der Waals surface area contributed by atoms with Crippen LogP contribution in [0.15, 0.2) is 30.7 Å². The Balaban J connectivity index is 1.77. The molecule has 0 aliphatic heterocycles. The van der Waals surface area contributed by atoms with Crippen LogP contribution in [-0.4, -0.2) is 33.4 Å². The molecule has 0 fully saturated rings. The predicted octanol–water partition coefficient (Wildman–Crippen LogP) is 2.74. The van der Waals surface area contributed by atoms with E-state index >= 15 is 0 Å². The van der Waals surface area contributed by atoms with Crippen molar-refractivity contribution in [2.45, 2.75) is 6.54 Å². The van der Waals surface area contributed by atoms with Gasteiger partial charge in [0, 0.05) is 12.6 Å². The van der Waals surface area contributed by atoms with Crippen LogP contribution in [0.25, 0.3) is 10.9 Å². The van der Waals surface area contributed by atoms with E-state index in [1.807, 2.05) is 0 Å². The summed E-state index contributed by atoms with van der Waals surface area (Å²) >= 11 is 5.78. The monoisotopic (exact) mass is 321 g/mol. The maximum absolute atomic E-state index is 14.0. The molecule has 3 aromatic rings.